The number of carbonyl (C=O) groups excluding carboxylic acids is 1. The van der Waals surface area contributed by atoms with Crippen LogP contribution in [0.2, 0.25) is 0 Å². The summed E-state index contributed by atoms with van der Waals surface area (Å²) in [6.45, 7) is 7.38. The fourth-order valence-corrected chi connectivity index (χ4v) is 3.33. The molecule has 0 bridgehead atoms. The van der Waals surface area contributed by atoms with Crippen molar-refractivity contribution in [2.24, 2.45) is 0 Å². The van der Waals surface area contributed by atoms with E-state index in [0.717, 1.165) is 41.7 Å². The third kappa shape index (κ3) is 5.09. The zero-order chi connectivity index (χ0) is 17.4. The molecule has 0 aliphatic rings. The van der Waals surface area contributed by atoms with E-state index in [1.165, 1.54) is 5.56 Å². The molecule has 0 spiro atoms. The van der Waals surface area contributed by atoms with Gasteiger partial charge in [0.2, 0.25) is 0 Å². The second-order valence-corrected chi connectivity index (χ2v) is 6.65. The molecule has 130 valence electrons. The Morgan fingerprint density at radius 2 is 2.12 bits per heavy atom. The Balaban J connectivity index is 2.04. The normalized spacial score (nSPS) is 10.8. The minimum atomic E-state index is -0.131. The van der Waals surface area contributed by atoms with Gasteiger partial charge in [0, 0.05) is 24.3 Å². The molecule has 0 aliphatic heterocycles. The number of rotatable bonds is 9. The minimum absolute atomic E-state index is 0.131. The Morgan fingerprint density at radius 1 is 1.29 bits per heavy atom. The zero-order valence-electron chi connectivity index (χ0n) is 14.6. The van der Waals surface area contributed by atoms with Gasteiger partial charge in [0.05, 0.1) is 6.61 Å². The smallest absolute Gasteiger partial charge is 0.305 e. The summed E-state index contributed by atoms with van der Waals surface area (Å²) >= 11 is 1.65. The van der Waals surface area contributed by atoms with Crippen molar-refractivity contribution in [3.8, 4) is 11.4 Å². The molecule has 0 radical (unpaired) electrons. The molecule has 0 unspecified atom stereocenters. The molecule has 0 saturated carbocycles. The number of aromatic nitrogens is 3. The third-order valence-corrected chi connectivity index (χ3v) is 4.56. The van der Waals surface area contributed by atoms with E-state index in [1.54, 1.807) is 11.8 Å². The predicted molar refractivity (Wildman–Crippen MR) is 97.1 cm³/mol. The molecule has 0 amide bonds. The lowest BCUT2D eigenvalue weighted by molar-refractivity contribution is -0.143. The van der Waals surface area contributed by atoms with Crippen LogP contribution in [0.15, 0.2) is 29.4 Å². The van der Waals surface area contributed by atoms with Crippen LogP contribution in [0, 0.1) is 6.92 Å². The van der Waals surface area contributed by atoms with Crippen molar-refractivity contribution in [1.29, 1.82) is 0 Å². The van der Waals surface area contributed by atoms with Crippen LogP contribution in [0.1, 0.15) is 38.7 Å². The van der Waals surface area contributed by atoms with Gasteiger partial charge in [-0.05, 0) is 32.8 Å². The Bertz CT molecular complexity index is 670. The second kappa shape index (κ2) is 9.47. The Hall–Kier alpha value is -1.82. The molecule has 0 aliphatic carbocycles. The molecule has 0 N–H and O–H groups in total. The van der Waals surface area contributed by atoms with Gasteiger partial charge in [0.15, 0.2) is 11.0 Å². The van der Waals surface area contributed by atoms with Gasteiger partial charge in [-0.2, -0.15) is 0 Å². The minimum Gasteiger partial charge on any atom is -0.466 e. The molecule has 1 aromatic carbocycles. The predicted octanol–water partition coefficient (Wildman–Crippen LogP) is 4.10. The lowest BCUT2D eigenvalue weighted by Gasteiger charge is -2.09. The Labute approximate surface area is 147 Å². The van der Waals surface area contributed by atoms with Crippen molar-refractivity contribution in [2.75, 3.05) is 12.4 Å². The third-order valence-electron chi connectivity index (χ3n) is 3.50. The lowest BCUT2D eigenvalue weighted by atomic mass is 10.1. The standard InChI is InChI=1S/C18H25N3O2S/c1-4-11-21-17(15-9-6-8-14(3)13-15)19-20-18(21)24-12-7-10-16(22)23-5-2/h6,8-9,13H,4-5,7,10-12H2,1-3H3. The summed E-state index contributed by atoms with van der Waals surface area (Å²) in [4.78, 5) is 11.4. The van der Waals surface area contributed by atoms with E-state index >= 15 is 0 Å². The van der Waals surface area contributed by atoms with Gasteiger partial charge in [-0.15, -0.1) is 10.2 Å². The fraction of sp³-hybridized carbons (Fsp3) is 0.500. The molecule has 2 rings (SSSR count). The van der Waals surface area contributed by atoms with Gasteiger partial charge in [-0.1, -0.05) is 42.4 Å². The molecule has 1 heterocycles. The van der Waals surface area contributed by atoms with Crippen molar-refractivity contribution in [2.45, 2.75) is 51.7 Å². The SMILES string of the molecule is CCCn1c(SCCCC(=O)OCC)nnc1-c1cccc(C)c1. The molecular formula is C18H25N3O2S. The number of esters is 1. The van der Waals surface area contributed by atoms with E-state index in [9.17, 15) is 4.79 Å². The number of hydrogen-bond donors (Lipinski definition) is 0. The average molecular weight is 347 g/mol. The van der Waals surface area contributed by atoms with E-state index in [0.29, 0.717) is 13.0 Å². The molecule has 24 heavy (non-hydrogen) atoms. The highest BCUT2D eigenvalue weighted by atomic mass is 32.2. The van der Waals surface area contributed by atoms with Gasteiger partial charge in [-0.3, -0.25) is 4.79 Å². The molecule has 0 atom stereocenters. The summed E-state index contributed by atoms with van der Waals surface area (Å²) in [5, 5.41) is 9.66. The number of benzene rings is 1. The number of hydrogen-bond acceptors (Lipinski definition) is 5. The first-order chi connectivity index (χ1) is 11.7. The molecular weight excluding hydrogens is 322 g/mol. The topological polar surface area (TPSA) is 57.0 Å². The first kappa shape index (κ1) is 18.5. The van der Waals surface area contributed by atoms with Crippen LogP contribution in [-0.4, -0.2) is 33.1 Å². The first-order valence-corrected chi connectivity index (χ1v) is 9.43. The van der Waals surface area contributed by atoms with Gasteiger partial charge in [-0.25, -0.2) is 0 Å². The van der Waals surface area contributed by atoms with Crippen molar-refractivity contribution in [3.05, 3.63) is 29.8 Å². The van der Waals surface area contributed by atoms with Crippen LogP contribution >= 0.6 is 11.8 Å². The fourth-order valence-electron chi connectivity index (χ4n) is 2.43. The molecule has 5 nitrogen and oxygen atoms in total. The highest BCUT2D eigenvalue weighted by Crippen LogP contribution is 2.25. The Morgan fingerprint density at radius 3 is 2.83 bits per heavy atom. The lowest BCUT2D eigenvalue weighted by Crippen LogP contribution is -2.05. The number of carbonyl (C=O) groups is 1. The van der Waals surface area contributed by atoms with Crippen LogP contribution in [-0.2, 0) is 16.1 Å². The quantitative estimate of drug-likeness (QED) is 0.388. The molecule has 0 saturated heterocycles. The van der Waals surface area contributed by atoms with Crippen molar-refractivity contribution in [1.82, 2.24) is 14.8 Å². The van der Waals surface area contributed by atoms with Crippen molar-refractivity contribution in [3.63, 3.8) is 0 Å². The second-order valence-electron chi connectivity index (χ2n) is 5.58. The number of thioether (sulfide) groups is 1. The van der Waals surface area contributed by atoms with Crippen LogP contribution < -0.4 is 0 Å². The van der Waals surface area contributed by atoms with Crippen LogP contribution in [0.3, 0.4) is 0 Å². The van der Waals surface area contributed by atoms with Gasteiger partial charge < -0.3 is 9.30 Å². The summed E-state index contributed by atoms with van der Waals surface area (Å²) in [6.07, 6.45) is 2.25. The van der Waals surface area contributed by atoms with E-state index in [2.05, 4.69) is 46.8 Å². The van der Waals surface area contributed by atoms with Gasteiger partial charge in [0.25, 0.3) is 0 Å². The maximum atomic E-state index is 11.4. The number of ether oxygens (including phenoxy) is 1. The van der Waals surface area contributed by atoms with Crippen LogP contribution in [0.4, 0.5) is 0 Å². The van der Waals surface area contributed by atoms with Gasteiger partial charge >= 0.3 is 5.97 Å². The summed E-state index contributed by atoms with van der Waals surface area (Å²) in [5.41, 5.74) is 2.30. The highest BCUT2D eigenvalue weighted by Gasteiger charge is 2.14. The molecule has 0 fully saturated rings. The van der Waals surface area contributed by atoms with Crippen LogP contribution in [0.5, 0.6) is 0 Å². The monoisotopic (exact) mass is 347 g/mol. The van der Waals surface area contributed by atoms with Crippen molar-refractivity contribution >= 4 is 17.7 Å². The average Bonchev–Trinajstić information content (AvgIpc) is 2.95. The molecule has 6 heteroatoms. The summed E-state index contributed by atoms with van der Waals surface area (Å²) in [6, 6.07) is 8.32. The van der Waals surface area contributed by atoms with E-state index in [4.69, 9.17) is 4.74 Å². The molecule has 2 aromatic rings. The van der Waals surface area contributed by atoms with Gasteiger partial charge in [0.1, 0.15) is 0 Å². The van der Waals surface area contributed by atoms with E-state index in [1.807, 2.05) is 13.0 Å². The maximum Gasteiger partial charge on any atom is 0.305 e. The summed E-state index contributed by atoms with van der Waals surface area (Å²) in [5.74, 6) is 1.61. The highest BCUT2D eigenvalue weighted by molar-refractivity contribution is 7.99. The summed E-state index contributed by atoms with van der Waals surface area (Å²) < 4.78 is 7.12. The number of nitrogens with zero attached hydrogens (tertiary/aromatic N) is 3. The maximum absolute atomic E-state index is 11.4. The van der Waals surface area contributed by atoms with Crippen LogP contribution in [0.25, 0.3) is 11.4 Å². The van der Waals surface area contributed by atoms with E-state index in [-0.39, 0.29) is 5.97 Å². The molecule has 1 aromatic heterocycles. The summed E-state index contributed by atoms with van der Waals surface area (Å²) in [7, 11) is 0. The van der Waals surface area contributed by atoms with Crippen molar-refractivity contribution < 1.29 is 9.53 Å². The first-order valence-electron chi connectivity index (χ1n) is 8.44. The zero-order valence-corrected chi connectivity index (χ0v) is 15.4. The largest absolute Gasteiger partial charge is 0.466 e. The number of aryl methyl sites for hydroxylation is 1. The Kier molecular flexibility index (Phi) is 7.31. The van der Waals surface area contributed by atoms with E-state index < -0.39 is 0 Å².